The number of esters is 2. The van der Waals surface area contributed by atoms with Crippen LogP contribution in [0.3, 0.4) is 0 Å². The Kier molecular flexibility index (Phi) is 13.1. The summed E-state index contributed by atoms with van der Waals surface area (Å²) in [6, 6.07) is 10.2. The number of hydrogen-bond acceptors (Lipinski definition) is 6. The average Bonchev–Trinajstić information content (AvgIpc) is 2.76. The van der Waals surface area contributed by atoms with Crippen molar-refractivity contribution in [3.05, 3.63) is 47.7 Å². The summed E-state index contributed by atoms with van der Waals surface area (Å²) in [6.45, 7) is 10.8. The van der Waals surface area contributed by atoms with Gasteiger partial charge in [-0.05, 0) is 70.8 Å². The number of amides is 1. The largest absolute Gasteiger partial charge is 0.464 e. The van der Waals surface area contributed by atoms with Crippen molar-refractivity contribution >= 4 is 18.0 Å². The summed E-state index contributed by atoms with van der Waals surface area (Å²) in [6.07, 6.45) is 5.86. The Morgan fingerprint density at radius 3 is 2.29 bits per heavy atom. The van der Waals surface area contributed by atoms with Gasteiger partial charge in [-0.2, -0.15) is 0 Å². The van der Waals surface area contributed by atoms with E-state index in [9.17, 15) is 14.4 Å². The minimum atomic E-state index is -0.709. The topological polar surface area (TPSA) is 90.9 Å². The molecule has 0 radical (unpaired) electrons. The molecule has 0 saturated carbocycles. The highest BCUT2D eigenvalue weighted by Gasteiger charge is 2.28. The lowest BCUT2D eigenvalue weighted by atomic mass is 9.78. The van der Waals surface area contributed by atoms with Crippen LogP contribution in [0.2, 0.25) is 0 Å². The Labute approximate surface area is 210 Å². The van der Waals surface area contributed by atoms with Crippen LogP contribution >= 0.6 is 0 Å². The Balaban J connectivity index is 3.12. The van der Waals surface area contributed by atoms with E-state index in [1.807, 2.05) is 25.1 Å². The maximum absolute atomic E-state index is 12.3. The highest BCUT2D eigenvalue weighted by molar-refractivity contribution is 5.92. The van der Waals surface area contributed by atoms with Gasteiger partial charge in [0, 0.05) is 6.92 Å². The second-order valence-electron chi connectivity index (χ2n) is 9.88. The van der Waals surface area contributed by atoms with Gasteiger partial charge in [0.25, 0.3) is 0 Å². The second kappa shape index (κ2) is 15.2. The molecular formula is C28H43NO6. The molecule has 7 heteroatoms. The molecule has 0 spiro atoms. The third-order valence-corrected chi connectivity index (χ3v) is 5.72. The summed E-state index contributed by atoms with van der Waals surface area (Å²) in [5.74, 6) is -0.555. The second-order valence-corrected chi connectivity index (χ2v) is 9.88. The standard InChI is InChI=1S/C28H43NO6/c1-8-9-17-24(20(2)34-21(3)30)23(19-22-14-11-10-12-15-22)16-13-18-25(26(31)33-7)29-27(32)35-28(4,5)6/h10-12,14-15,18,20,23-24H,8-9,13,16-17,19H2,1-7H3,(H,29,32)/t20-,23+,24-/m0/s1. The number of benzene rings is 1. The van der Waals surface area contributed by atoms with Crippen molar-refractivity contribution in [1.82, 2.24) is 5.32 Å². The summed E-state index contributed by atoms with van der Waals surface area (Å²) in [5.41, 5.74) is 0.572. The molecule has 0 heterocycles. The lowest BCUT2D eigenvalue weighted by Crippen LogP contribution is -2.34. The number of hydrogen-bond donors (Lipinski definition) is 1. The molecule has 196 valence electrons. The van der Waals surface area contributed by atoms with E-state index in [1.54, 1.807) is 26.8 Å². The van der Waals surface area contributed by atoms with Crippen LogP contribution < -0.4 is 5.32 Å². The van der Waals surface area contributed by atoms with Gasteiger partial charge in [-0.25, -0.2) is 9.59 Å². The van der Waals surface area contributed by atoms with Crippen LogP contribution in [0.25, 0.3) is 0 Å². The third kappa shape index (κ3) is 12.4. The van der Waals surface area contributed by atoms with E-state index in [-0.39, 0.29) is 29.6 Å². The molecule has 0 fully saturated rings. The van der Waals surface area contributed by atoms with E-state index in [4.69, 9.17) is 14.2 Å². The monoisotopic (exact) mass is 489 g/mol. The molecular weight excluding hydrogens is 446 g/mol. The number of nitrogens with one attached hydrogen (secondary N) is 1. The Bertz CT molecular complexity index is 828. The Morgan fingerprint density at radius 2 is 1.74 bits per heavy atom. The van der Waals surface area contributed by atoms with Gasteiger partial charge in [-0.15, -0.1) is 0 Å². The molecule has 0 bridgehead atoms. The first-order valence-electron chi connectivity index (χ1n) is 12.5. The van der Waals surface area contributed by atoms with E-state index in [0.717, 1.165) is 32.1 Å². The molecule has 0 aromatic heterocycles. The molecule has 1 aromatic carbocycles. The quantitative estimate of drug-likeness (QED) is 0.209. The van der Waals surface area contributed by atoms with Crippen molar-refractivity contribution in [2.45, 2.75) is 91.8 Å². The van der Waals surface area contributed by atoms with Gasteiger partial charge < -0.3 is 14.2 Å². The number of carbonyl (C=O) groups excluding carboxylic acids is 3. The zero-order chi connectivity index (χ0) is 26.4. The molecule has 0 aliphatic rings. The van der Waals surface area contributed by atoms with E-state index >= 15 is 0 Å². The summed E-state index contributed by atoms with van der Waals surface area (Å²) in [4.78, 5) is 36.2. The number of unbranched alkanes of at least 4 members (excludes halogenated alkanes) is 1. The zero-order valence-electron chi connectivity index (χ0n) is 22.4. The van der Waals surface area contributed by atoms with E-state index < -0.39 is 17.7 Å². The van der Waals surface area contributed by atoms with Crippen LogP contribution in [0, 0.1) is 11.8 Å². The van der Waals surface area contributed by atoms with Crippen LogP contribution in [0.5, 0.6) is 0 Å². The van der Waals surface area contributed by atoms with Crippen LogP contribution in [0.15, 0.2) is 42.1 Å². The van der Waals surface area contributed by atoms with Crippen molar-refractivity contribution in [3.63, 3.8) is 0 Å². The fourth-order valence-corrected chi connectivity index (χ4v) is 4.18. The zero-order valence-corrected chi connectivity index (χ0v) is 22.4. The highest BCUT2D eigenvalue weighted by Crippen LogP contribution is 2.31. The maximum Gasteiger partial charge on any atom is 0.412 e. The minimum absolute atomic E-state index is 0.0540. The van der Waals surface area contributed by atoms with Gasteiger partial charge in [-0.1, -0.05) is 56.2 Å². The highest BCUT2D eigenvalue weighted by atomic mass is 16.6. The minimum Gasteiger partial charge on any atom is -0.464 e. The van der Waals surface area contributed by atoms with Crippen LogP contribution in [-0.4, -0.2) is 36.8 Å². The van der Waals surface area contributed by atoms with Crippen molar-refractivity contribution in [3.8, 4) is 0 Å². The number of carbonyl (C=O) groups is 3. The van der Waals surface area contributed by atoms with Crippen LogP contribution in [0.1, 0.15) is 79.2 Å². The van der Waals surface area contributed by atoms with E-state index in [2.05, 4.69) is 24.4 Å². The van der Waals surface area contributed by atoms with Crippen molar-refractivity contribution in [2.24, 2.45) is 11.8 Å². The molecule has 35 heavy (non-hydrogen) atoms. The Morgan fingerprint density at radius 1 is 1.09 bits per heavy atom. The maximum atomic E-state index is 12.3. The molecule has 1 aromatic rings. The lowest BCUT2D eigenvalue weighted by Gasteiger charge is -2.32. The number of ether oxygens (including phenoxy) is 3. The summed E-state index contributed by atoms with van der Waals surface area (Å²) < 4.78 is 15.7. The molecule has 3 atom stereocenters. The molecule has 1 N–H and O–H groups in total. The number of alkyl carbamates (subject to hydrolysis) is 1. The van der Waals surface area contributed by atoms with Gasteiger partial charge >= 0.3 is 18.0 Å². The third-order valence-electron chi connectivity index (χ3n) is 5.72. The first-order chi connectivity index (χ1) is 16.5. The smallest absolute Gasteiger partial charge is 0.412 e. The van der Waals surface area contributed by atoms with Crippen LogP contribution in [-0.2, 0) is 30.2 Å². The molecule has 0 aliphatic heterocycles. The number of rotatable bonds is 13. The summed E-state index contributed by atoms with van der Waals surface area (Å²) in [5, 5.41) is 2.52. The fraction of sp³-hybridized carbons (Fsp3) is 0.607. The fourth-order valence-electron chi connectivity index (χ4n) is 4.18. The average molecular weight is 490 g/mol. The van der Waals surface area contributed by atoms with Gasteiger partial charge in [0.05, 0.1) is 7.11 Å². The number of methoxy groups -OCH3 is 1. The predicted octanol–water partition coefficient (Wildman–Crippen LogP) is 5.97. The molecule has 7 nitrogen and oxygen atoms in total. The Hall–Kier alpha value is -2.83. The predicted molar refractivity (Wildman–Crippen MR) is 137 cm³/mol. The lowest BCUT2D eigenvalue weighted by molar-refractivity contribution is -0.149. The van der Waals surface area contributed by atoms with Gasteiger partial charge in [-0.3, -0.25) is 10.1 Å². The van der Waals surface area contributed by atoms with Crippen molar-refractivity contribution in [1.29, 1.82) is 0 Å². The molecule has 1 amide bonds. The normalized spacial score (nSPS) is 14.4. The molecule has 0 saturated heterocycles. The molecule has 1 rings (SSSR count). The first-order valence-corrected chi connectivity index (χ1v) is 12.5. The van der Waals surface area contributed by atoms with Crippen LogP contribution in [0.4, 0.5) is 4.79 Å². The van der Waals surface area contributed by atoms with Gasteiger partial charge in [0.2, 0.25) is 0 Å². The molecule has 0 unspecified atom stereocenters. The van der Waals surface area contributed by atoms with Crippen molar-refractivity contribution < 1.29 is 28.6 Å². The van der Waals surface area contributed by atoms with Gasteiger partial charge in [0.15, 0.2) is 0 Å². The molecule has 0 aliphatic carbocycles. The van der Waals surface area contributed by atoms with Crippen molar-refractivity contribution in [2.75, 3.05) is 7.11 Å². The first kappa shape index (κ1) is 30.2. The van der Waals surface area contributed by atoms with E-state index in [0.29, 0.717) is 6.42 Å². The van der Waals surface area contributed by atoms with Gasteiger partial charge in [0.1, 0.15) is 17.4 Å². The summed E-state index contributed by atoms with van der Waals surface area (Å²) in [7, 11) is 1.27. The SMILES string of the molecule is CCCC[C@H]([C@H](CCC=C(NC(=O)OC(C)(C)C)C(=O)OC)Cc1ccccc1)[C@H](C)OC(C)=O. The summed E-state index contributed by atoms with van der Waals surface area (Å²) >= 11 is 0. The number of allylic oxidation sites excluding steroid dienone is 1. The van der Waals surface area contributed by atoms with E-state index in [1.165, 1.54) is 19.6 Å².